The van der Waals surface area contributed by atoms with Crippen LogP contribution in [0.25, 0.3) is 10.9 Å². The Bertz CT molecular complexity index is 1270. The van der Waals surface area contributed by atoms with Crippen molar-refractivity contribution < 1.29 is 13.2 Å². The van der Waals surface area contributed by atoms with Crippen LogP contribution in [0.1, 0.15) is 50.9 Å². The number of piperazine rings is 1. The molecule has 2 heterocycles. The highest BCUT2D eigenvalue weighted by Crippen LogP contribution is 2.30. The maximum Gasteiger partial charge on any atom is 0.243 e. The number of nitrogens with zero attached hydrogens (tertiary/aromatic N) is 4. The van der Waals surface area contributed by atoms with Gasteiger partial charge in [0.25, 0.3) is 0 Å². The highest BCUT2D eigenvalue weighted by molar-refractivity contribution is 9.10. The van der Waals surface area contributed by atoms with Crippen LogP contribution >= 0.6 is 15.9 Å². The third-order valence-electron chi connectivity index (χ3n) is 7.06. The lowest BCUT2D eigenvalue weighted by molar-refractivity contribution is 0.135. The van der Waals surface area contributed by atoms with Gasteiger partial charge in [-0.2, -0.15) is 9.29 Å². The maximum atomic E-state index is 13.1. The van der Waals surface area contributed by atoms with E-state index in [0.717, 1.165) is 34.0 Å². The quantitative estimate of drug-likeness (QED) is 0.415. The summed E-state index contributed by atoms with van der Waals surface area (Å²) >= 11 is 3.37. The van der Waals surface area contributed by atoms with Gasteiger partial charge >= 0.3 is 0 Å². The van der Waals surface area contributed by atoms with E-state index < -0.39 is 10.0 Å². The lowest BCUT2D eigenvalue weighted by Crippen LogP contribution is -2.49. The number of ether oxygens (including phenoxy) is 1. The van der Waals surface area contributed by atoms with E-state index in [4.69, 9.17) is 14.7 Å². The van der Waals surface area contributed by atoms with Crippen LogP contribution in [0.5, 0.6) is 5.88 Å². The summed E-state index contributed by atoms with van der Waals surface area (Å²) in [5.74, 6) is 1.39. The molecule has 2 fully saturated rings. The van der Waals surface area contributed by atoms with Crippen molar-refractivity contribution in [1.82, 2.24) is 19.2 Å². The molecule has 0 spiro atoms. The molecule has 1 saturated carbocycles. The molecule has 186 valence electrons. The molecular formula is C26H31BrN4O3S. The zero-order valence-electron chi connectivity index (χ0n) is 19.9. The normalized spacial score (nSPS) is 19.6. The molecular weight excluding hydrogens is 528 g/mol. The van der Waals surface area contributed by atoms with E-state index in [0.29, 0.717) is 37.0 Å². The van der Waals surface area contributed by atoms with E-state index in [1.807, 2.05) is 24.3 Å². The van der Waals surface area contributed by atoms with Crippen molar-refractivity contribution >= 4 is 36.9 Å². The molecule has 1 aliphatic carbocycles. The topological polar surface area (TPSA) is 75.6 Å². The first-order valence-corrected chi connectivity index (χ1v) is 14.6. The number of sulfonamides is 1. The summed E-state index contributed by atoms with van der Waals surface area (Å²) in [6.07, 6.45) is 6.01. The standard InChI is InChI=1S/C26H31BrN4O3S/c1-19(30-15-17-31(18-16-30)35(32,33)22-13-11-20(27)12-14-22)25-28-24-10-6-5-9-23(24)26(29-25)34-21-7-3-2-4-8-21/h5-6,9-14,19,21H,2-4,7-8,15-18H2,1H3. The number of aromatic nitrogens is 2. The van der Waals surface area contributed by atoms with Crippen molar-refractivity contribution in [3.8, 4) is 5.88 Å². The van der Waals surface area contributed by atoms with Gasteiger partial charge in [-0.3, -0.25) is 4.90 Å². The molecule has 1 atom stereocenters. The van der Waals surface area contributed by atoms with Gasteiger partial charge in [-0.05, 0) is 69.0 Å². The van der Waals surface area contributed by atoms with Gasteiger partial charge in [0.2, 0.25) is 15.9 Å². The SMILES string of the molecule is CC(c1nc(OC2CCCCC2)c2ccccc2n1)N1CCN(S(=O)(=O)c2ccc(Br)cc2)CC1. The molecule has 3 aromatic rings. The third-order valence-corrected chi connectivity index (χ3v) is 9.50. The number of para-hydroxylation sites is 1. The molecule has 0 N–H and O–H groups in total. The molecule has 9 heteroatoms. The number of fused-ring (bicyclic) bond motifs is 1. The Morgan fingerprint density at radius 1 is 0.943 bits per heavy atom. The van der Waals surface area contributed by atoms with Crippen molar-refractivity contribution in [1.29, 1.82) is 0 Å². The van der Waals surface area contributed by atoms with E-state index in [-0.39, 0.29) is 12.1 Å². The Hall–Kier alpha value is -2.07. The van der Waals surface area contributed by atoms with Crippen LogP contribution in [0.3, 0.4) is 0 Å². The predicted molar refractivity (Wildman–Crippen MR) is 140 cm³/mol. The van der Waals surface area contributed by atoms with Gasteiger partial charge in [-0.1, -0.05) is 34.5 Å². The smallest absolute Gasteiger partial charge is 0.243 e. The summed E-state index contributed by atoms with van der Waals surface area (Å²) in [7, 11) is -3.51. The largest absolute Gasteiger partial charge is 0.474 e. The summed E-state index contributed by atoms with van der Waals surface area (Å²) in [6.45, 7) is 4.19. The van der Waals surface area contributed by atoms with E-state index in [9.17, 15) is 8.42 Å². The second kappa shape index (κ2) is 10.5. The number of rotatable bonds is 6. The first-order valence-electron chi connectivity index (χ1n) is 12.3. The molecule has 1 aliphatic heterocycles. The average Bonchev–Trinajstić information content (AvgIpc) is 2.89. The fraction of sp³-hybridized carbons (Fsp3) is 0.462. The highest BCUT2D eigenvalue weighted by Gasteiger charge is 2.31. The second-order valence-electron chi connectivity index (χ2n) is 9.35. The molecule has 0 bridgehead atoms. The molecule has 0 amide bonds. The Kier molecular flexibility index (Phi) is 7.39. The molecule has 1 unspecified atom stereocenters. The van der Waals surface area contributed by atoms with Crippen LogP contribution in [0.2, 0.25) is 0 Å². The van der Waals surface area contributed by atoms with Gasteiger partial charge in [0, 0.05) is 30.7 Å². The van der Waals surface area contributed by atoms with Crippen molar-refractivity contribution in [3.05, 3.63) is 58.8 Å². The van der Waals surface area contributed by atoms with E-state index in [1.165, 1.54) is 19.3 Å². The fourth-order valence-electron chi connectivity index (χ4n) is 4.93. The Morgan fingerprint density at radius 2 is 1.63 bits per heavy atom. The van der Waals surface area contributed by atoms with Gasteiger partial charge in [0.05, 0.1) is 21.8 Å². The lowest BCUT2D eigenvalue weighted by Gasteiger charge is -2.37. The fourth-order valence-corrected chi connectivity index (χ4v) is 6.62. The zero-order valence-corrected chi connectivity index (χ0v) is 22.3. The van der Waals surface area contributed by atoms with Gasteiger partial charge in [0.15, 0.2) is 0 Å². The Morgan fingerprint density at radius 3 is 2.34 bits per heavy atom. The van der Waals surface area contributed by atoms with Crippen LogP contribution in [-0.2, 0) is 10.0 Å². The van der Waals surface area contributed by atoms with Crippen LogP contribution < -0.4 is 4.74 Å². The number of benzene rings is 2. The van der Waals surface area contributed by atoms with Crippen LogP contribution in [0.15, 0.2) is 57.9 Å². The molecule has 2 aliphatic rings. The zero-order chi connectivity index (χ0) is 24.4. The molecule has 1 aromatic heterocycles. The van der Waals surface area contributed by atoms with Crippen LogP contribution in [-0.4, -0.2) is 59.9 Å². The molecule has 2 aromatic carbocycles. The van der Waals surface area contributed by atoms with Crippen molar-refractivity contribution in [2.45, 2.75) is 56.1 Å². The average molecular weight is 560 g/mol. The summed E-state index contributed by atoms with van der Waals surface area (Å²) in [5, 5.41) is 0.944. The highest BCUT2D eigenvalue weighted by atomic mass is 79.9. The summed E-state index contributed by atoms with van der Waals surface area (Å²) in [6, 6.07) is 14.8. The summed E-state index contributed by atoms with van der Waals surface area (Å²) in [4.78, 5) is 12.3. The van der Waals surface area contributed by atoms with Crippen molar-refractivity contribution in [3.63, 3.8) is 0 Å². The molecule has 5 rings (SSSR count). The molecule has 35 heavy (non-hydrogen) atoms. The van der Waals surface area contributed by atoms with E-state index in [2.05, 4.69) is 27.8 Å². The first kappa shape index (κ1) is 24.6. The van der Waals surface area contributed by atoms with Gasteiger partial charge in [-0.15, -0.1) is 0 Å². The minimum absolute atomic E-state index is 0.0501. The monoisotopic (exact) mass is 558 g/mol. The number of hydrogen-bond acceptors (Lipinski definition) is 6. The summed E-state index contributed by atoms with van der Waals surface area (Å²) in [5.41, 5.74) is 0.881. The Balaban J connectivity index is 1.32. The molecule has 7 nitrogen and oxygen atoms in total. The summed E-state index contributed by atoms with van der Waals surface area (Å²) < 4.78 is 35.0. The minimum atomic E-state index is -3.51. The number of hydrogen-bond donors (Lipinski definition) is 0. The number of halogens is 1. The molecule has 0 radical (unpaired) electrons. The van der Waals surface area contributed by atoms with Crippen LogP contribution in [0.4, 0.5) is 0 Å². The van der Waals surface area contributed by atoms with Crippen molar-refractivity contribution in [2.75, 3.05) is 26.2 Å². The Labute approximate surface area is 215 Å². The predicted octanol–water partition coefficient (Wildman–Crippen LogP) is 5.17. The second-order valence-corrected chi connectivity index (χ2v) is 12.2. The van der Waals surface area contributed by atoms with E-state index in [1.54, 1.807) is 28.6 Å². The van der Waals surface area contributed by atoms with Gasteiger partial charge < -0.3 is 4.74 Å². The molecule has 1 saturated heterocycles. The van der Waals surface area contributed by atoms with E-state index >= 15 is 0 Å². The van der Waals surface area contributed by atoms with Gasteiger partial charge in [0.1, 0.15) is 11.9 Å². The van der Waals surface area contributed by atoms with Crippen molar-refractivity contribution in [2.24, 2.45) is 0 Å². The lowest BCUT2D eigenvalue weighted by atomic mass is 9.98. The minimum Gasteiger partial charge on any atom is -0.474 e. The van der Waals surface area contributed by atoms with Gasteiger partial charge in [-0.25, -0.2) is 13.4 Å². The maximum absolute atomic E-state index is 13.1. The first-order chi connectivity index (χ1) is 16.9. The third kappa shape index (κ3) is 5.38. The van der Waals surface area contributed by atoms with Crippen LogP contribution in [0, 0.1) is 0 Å².